The molecule has 0 aromatic heterocycles. The van der Waals surface area contributed by atoms with E-state index in [1.165, 1.54) is 6.07 Å². The van der Waals surface area contributed by atoms with Crippen molar-refractivity contribution in [3.05, 3.63) is 47.5 Å². The molecule has 44 heavy (non-hydrogen) atoms. The molecule has 1 heterocycles. The zero-order valence-electron chi connectivity index (χ0n) is 24.6. The van der Waals surface area contributed by atoms with Crippen LogP contribution in [0.3, 0.4) is 0 Å². The number of fused-ring (bicyclic) bond motifs is 4. The van der Waals surface area contributed by atoms with Crippen molar-refractivity contribution in [1.29, 1.82) is 0 Å². The van der Waals surface area contributed by atoms with E-state index in [1.54, 1.807) is 6.07 Å². The Hall–Kier alpha value is -3.66. The van der Waals surface area contributed by atoms with Gasteiger partial charge >= 0.3 is 11.9 Å². The van der Waals surface area contributed by atoms with Gasteiger partial charge in [0.15, 0.2) is 0 Å². The Morgan fingerprint density at radius 1 is 0.432 bits per heavy atom. The minimum Gasteiger partial charge on any atom is -0.491 e. The third-order valence-electron chi connectivity index (χ3n) is 5.80. The van der Waals surface area contributed by atoms with Crippen molar-refractivity contribution in [2.75, 3.05) is 106 Å². The summed E-state index contributed by atoms with van der Waals surface area (Å²) >= 11 is 0. The minimum atomic E-state index is -1.34. The fourth-order valence-corrected chi connectivity index (χ4v) is 3.73. The van der Waals surface area contributed by atoms with Gasteiger partial charge in [-0.3, -0.25) is 0 Å². The van der Waals surface area contributed by atoms with Gasteiger partial charge in [-0.1, -0.05) is 6.07 Å². The summed E-state index contributed by atoms with van der Waals surface area (Å²) in [5.74, 6) is -1.40. The third kappa shape index (κ3) is 13.8. The molecule has 0 saturated carbocycles. The highest BCUT2D eigenvalue weighted by atomic mass is 16.6. The second kappa shape index (κ2) is 21.1. The van der Waals surface area contributed by atoms with E-state index in [0.717, 1.165) is 6.07 Å². The first kappa shape index (κ1) is 34.8. The van der Waals surface area contributed by atoms with E-state index in [1.807, 2.05) is 18.2 Å². The van der Waals surface area contributed by atoms with Gasteiger partial charge in [-0.2, -0.15) is 0 Å². The lowest BCUT2D eigenvalue weighted by atomic mass is 10.1. The Morgan fingerprint density at radius 3 is 1.09 bits per heavy atom. The molecule has 0 amide bonds. The summed E-state index contributed by atoms with van der Waals surface area (Å²) in [5, 5.41) is 19.1. The minimum absolute atomic E-state index is 0.0262. The molecule has 0 atom stereocenters. The first-order valence-corrected chi connectivity index (χ1v) is 14.3. The SMILES string of the molecule is O=C(O)c1cc(C(=O)O)c2cc1OCCOCCOCCOCCOc1cccc(c1)OCCOCCOCCOCCO2. The Morgan fingerprint density at radius 2 is 0.750 bits per heavy atom. The summed E-state index contributed by atoms with van der Waals surface area (Å²) < 4.78 is 55.5. The first-order chi connectivity index (χ1) is 21.5. The molecule has 1 aliphatic heterocycles. The average Bonchev–Trinajstić information content (AvgIpc) is 3.01. The van der Waals surface area contributed by atoms with Crippen LogP contribution in [0.2, 0.25) is 0 Å². The van der Waals surface area contributed by atoms with Crippen LogP contribution in [0.5, 0.6) is 23.0 Å². The van der Waals surface area contributed by atoms with Crippen molar-refractivity contribution >= 4 is 11.9 Å². The summed E-state index contributed by atoms with van der Waals surface area (Å²) in [6.45, 7) is 4.67. The van der Waals surface area contributed by atoms with E-state index in [0.29, 0.717) is 90.8 Å². The molecule has 14 heteroatoms. The zero-order valence-corrected chi connectivity index (χ0v) is 24.6. The maximum atomic E-state index is 11.7. The number of aromatic carboxylic acids is 2. The van der Waals surface area contributed by atoms with Crippen LogP contribution in [0, 0.1) is 0 Å². The fourth-order valence-electron chi connectivity index (χ4n) is 3.73. The molecule has 14 nitrogen and oxygen atoms in total. The summed E-state index contributed by atoms with van der Waals surface area (Å²) in [6.07, 6.45) is 0. The zero-order chi connectivity index (χ0) is 31.2. The van der Waals surface area contributed by atoms with Crippen LogP contribution in [-0.2, 0) is 28.4 Å². The van der Waals surface area contributed by atoms with Crippen molar-refractivity contribution in [2.45, 2.75) is 0 Å². The van der Waals surface area contributed by atoms with Crippen LogP contribution in [0.4, 0.5) is 0 Å². The topological polar surface area (TPSA) is 167 Å². The van der Waals surface area contributed by atoms with Gasteiger partial charge < -0.3 is 57.6 Å². The summed E-state index contributed by atoms with van der Waals surface area (Å²) in [4.78, 5) is 23.5. The number of carboxylic acid groups (broad SMARTS) is 2. The second-order valence-electron chi connectivity index (χ2n) is 9.00. The van der Waals surface area contributed by atoms with Crippen molar-refractivity contribution < 1.29 is 67.2 Å². The van der Waals surface area contributed by atoms with Crippen LogP contribution < -0.4 is 18.9 Å². The number of carbonyl (C=O) groups is 2. The summed E-state index contributed by atoms with van der Waals surface area (Å²) in [7, 11) is 0. The Kier molecular flexibility index (Phi) is 16.7. The molecule has 2 aromatic carbocycles. The van der Waals surface area contributed by atoms with E-state index < -0.39 is 11.9 Å². The van der Waals surface area contributed by atoms with Gasteiger partial charge in [-0.05, 0) is 18.2 Å². The van der Waals surface area contributed by atoms with E-state index in [2.05, 4.69) is 0 Å². The van der Waals surface area contributed by atoms with Crippen LogP contribution in [0.25, 0.3) is 0 Å². The molecular formula is C30H40O14. The number of benzene rings is 2. The Bertz CT molecular complexity index is 1050. The standard InChI is InChI=1S/C30H40O14/c31-29(32)25-21-26(30(33)34)28-22-27(25)43-18-14-39-10-6-35-4-8-37-12-16-41-23-2-1-3-24(20-23)42-17-13-38-9-5-36-7-11-40-15-19-44-28/h1-3,20-22H,4-19H2,(H,31,32)(H,33,34). The quantitative estimate of drug-likeness (QED) is 0.500. The molecule has 0 fully saturated rings. The highest BCUT2D eigenvalue weighted by Crippen LogP contribution is 2.30. The molecule has 2 N–H and O–H groups in total. The van der Waals surface area contributed by atoms with Gasteiger partial charge in [0, 0.05) is 12.1 Å². The van der Waals surface area contributed by atoms with Gasteiger partial charge in [-0.25, -0.2) is 9.59 Å². The average molecular weight is 625 g/mol. The second-order valence-corrected chi connectivity index (χ2v) is 9.00. The highest BCUT2D eigenvalue weighted by Gasteiger charge is 2.21. The highest BCUT2D eigenvalue weighted by molar-refractivity contribution is 5.98. The van der Waals surface area contributed by atoms with Crippen molar-refractivity contribution in [2.24, 2.45) is 0 Å². The monoisotopic (exact) mass is 624 g/mol. The van der Waals surface area contributed by atoms with Crippen molar-refractivity contribution in [3.8, 4) is 23.0 Å². The first-order valence-electron chi connectivity index (χ1n) is 14.3. The van der Waals surface area contributed by atoms with Crippen molar-refractivity contribution in [3.63, 3.8) is 0 Å². The number of hydrogen-bond donors (Lipinski definition) is 2. The molecule has 3 rings (SSSR count). The molecular weight excluding hydrogens is 584 g/mol. The van der Waals surface area contributed by atoms with Gasteiger partial charge in [0.2, 0.25) is 0 Å². The lowest BCUT2D eigenvalue weighted by Crippen LogP contribution is -2.16. The molecule has 244 valence electrons. The van der Waals surface area contributed by atoms with Gasteiger partial charge in [0.1, 0.15) is 60.6 Å². The lowest BCUT2D eigenvalue weighted by Gasteiger charge is -2.15. The smallest absolute Gasteiger partial charge is 0.339 e. The van der Waals surface area contributed by atoms with Crippen molar-refractivity contribution in [1.82, 2.24) is 0 Å². The number of ether oxygens (including phenoxy) is 10. The molecule has 4 bridgehead atoms. The predicted molar refractivity (Wildman–Crippen MR) is 154 cm³/mol. The third-order valence-corrected chi connectivity index (χ3v) is 5.80. The lowest BCUT2D eigenvalue weighted by molar-refractivity contribution is 0.00426. The number of hydrogen-bond acceptors (Lipinski definition) is 12. The van der Waals surface area contributed by atoms with E-state index in [-0.39, 0.29) is 49.1 Å². The summed E-state index contributed by atoms with van der Waals surface area (Å²) in [5.41, 5.74) is -0.613. The van der Waals surface area contributed by atoms with Crippen LogP contribution in [0.1, 0.15) is 20.7 Å². The maximum absolute atomic E-state index is 11.7. The maximum Gasteiger partial charge on any atom is 0.339 e. The normalized spacial score (nSPS) is 18.0. The molecule has 2 aromatic rings. The van der Waals surface area contributed by atoms with Crippen LogP contribution in [-0.4, -0.2) is 128 Å². The van der Waals surface area contributed by atoms with E-state index >= 15 is 0 Å². The van der Waals surface area contributed by atoms with Crippen LogP contribution in [0.15, 0.2) is 36.4 Å². The van der Waals surface area contributed by atoms with Gasteiger partial charge in [-0.15, -0.1) is 0 Å². The molecule has 0 unspecified atom stereocenters. The Labute approximate surface area is 255 Å². The van der Waals surface area contributed by atoms with Gasteiger partial charge in [0.25, 0.3) is 0 Å². The van der Waals surface area contributed by atoms with Crippen LogP contribution >= 0.6 is 0 Å². The van der Waals surface area contributed by atoms with Gasteiger partial charge in [0.05, 0.1) is 79.3 Å². The molecule has 0 saturated heterocycles. The Balaban J connectivity index is 1.48. The molecule has 0 spiro atoms. The molecule has 1 aliphatic rings. The number of carboxylic acids is 2. The largest absolute Gasteiger partial charge is 0.491 e. The number of rotatable bonds is 2. The fraction of sp³-hybridized carbons (Fsp3) is 0.533. The van der Waals surface area contributed by atoms with E-state index in [9.17, 15) is 19.8 Å². The predicted octanol–water partition coefficient (Wildman–Crippen LogP) is 2.41. The molecule has 0 aliphatic carbocycles. The van der Waals surface area contributed by atoms with E-state index in [4.69, 9.17) is 47.4 Å². The molecule has 0 radical (unpaired) electrons. The summed E-state index contributed by atoms with van der Waals surface area (Å²) in [6, 6.07) is 9.59.